The third-order valence-corrected chi connectivity index (χ3v) is 6.74. The Kier molecular flexibility index (Phi) is 7.56. The summed E-state index contributed by atoms with van der Waals surface area (Å²) in [6.45, 7) is 8.49. The van der Waals surface area contributed by atoms with Crippen LogP contribution in [0.3, 0.4) is 0 Å². The Morgan fingerprint density at radius 1 is 1.15 bits per heavy atom. The van der Waals surface area contributed by atoms with Crippen LogP contribution in [0.15, 0.2) is 52.0 Å². The molecule has 10 nitrogen and oxygen atoms in total. The first-order chi connectivity index (χ1) is 18.7. The molecular formula is C29H34N4O6. The van der Waals surface area contributed by atoms with Crippen LogP contribution in [-0.4, -0.2) is 52.6 Å². The number of carbonyl (C=O) groups is 2. The number of carbonyl (C=O) groups excluding carboxylic acids is 2. The van der Waals surface area contributed by atoms with Crippen LogP contribution in [0.4, 0.5) is 4.79 Å². The fourth-order valence-electron chi connectivity index (χ4n) is 4.77. The Bertz CT molecular complexity index is 1370. The summed E-state index contributed by atoms with van der Waals surface area (Å²) >= 11 is 0. The molecule has 2 aliphatic rings. The highest BCUT2D eigenvalue weighted by atomic mass is 16.8. The van der Waals surface area contributed by atoms with E-state index in [2.05, 4.69) is 22.4 Å². The fraction of sp³-hybridized carbons (Fsp3) is 0.448. The Labute approximate surface area is 227 Å². The van der Waals surface area contributed by atoms with E-state index in [4.69, 9.17) is 18.7 Å². The third kappa shape index (κ3) is 6.39. The monoisotopic (exact) mass is 534 g/mol. The van der Waals surface area contributed by atoms with Gasteiger partial charge in [-0.1, -0.05) is 13.0 Å². The molecule has 39 heavy (non-hydrogen) atoms. The van der Waals surface area contributed by atoms with Crippen molar-refractivity contribution in [3.8, 4) is 17.2 Å². The number of oxazole rings is 1. The lowest BCUT2D eigenvalue weighted by Crippen LogP contribution is -2.38. The van der Waals surface area contributed by atoms with Gasteiger partial charge in [0.05, 0.1) is 11.8 Å². The van der Waals surface area contributed by atoms with Crippen molar-refractivity contribution < 1.29 is 28.3 Å². The molecule has 0 radical (unpaired) electrons. The van der Waals surface area contributed by atoms with Gasteiger partial charge in [-0.25, -0.2) is 15.2 Å². The van der Waals surface area contributed by atoms with Gasteiger partial charge in [0.25, 0.3) is 0 Å². The first-order valence-electron chi connectivity index (χ1n) is 13.4. The van der Waals surface area contributed by atoms with Crippen LogP contribution < -0.4 is 10.2 Å². The Hall–Kier alpha value is -3.92. The van der Waals surface area contributed by atoms with Crippen molar-refractivity contribution in [1.82, 2.24) is 15.5 Å². The number of ether oxygens (including phenoxy) is 2. The van der Waals surface area contributed by atoms with E-state index >= 15 is 0 Å². The minimum absolute atomic E-state index is 0.0437. The van der Waals surface area contributed by atoms with Crippen molar-refractivity contribution in [3.63, 3.8) is 0 Å². The van der Waals surface area contributed by atoms with Crippen molar-refractivity contribution in [3.05, 3.63) is 48.0 Å². The molecule has 1 unspecified atom stereocenters. The number of hydrogen-bond acceptors (Lipinski definition) is 9. The molecule has 2 aromatic carbocycles. The molecule has 206 valence electrons. The highest BCUT2D eigenvalue weighted by Gasteiger charge is 2.31. The summed E-state index contributed by atoms with van der Waals surface area (Å²) in [4.78, 5) is 33.8. The molecule has 0 bridgehead atoms. The lowest BCUT2D eigenvalue weighted by molar-refractivity contribution is -0.154. The van der Waals surface area contributed by atoms with Gasteiger partial charge < -0.3 is 18.7 Å². The smallest absolute Gasteiger partial charge is 0.492 e. The number of aromatic nitrogens is 1. The van der Waals surface area contributed by atoms with Gasteiger partial charge in [-0.05, 0) is 76.4 Å². The number of hydroxylamine groups is 2. The Balaban J connectivity index is 1.22. The zero-order chi connectivity index (χ0) is 27.6. The van der Waals surface area contributed by atoms with Gasteiger partial charge in [-0.2, -0.15) is 5.10 Å². The summed E-state index contributed by atoms with van der Waals surface area (Å²) in [6.07, 6.45) is 2.34. The van der Waals surface area contributed by atoms with Crippen molar-refractivity contribution in [2.75, 3.05) is 13.2 Å². The SMILES string of the molecule is CCC1CC(=O)NN=C1c1ccc2nc(-c3ccc(OC[C@@H]4CCCN4OC(=O)OC(C)(C)C)cc3)oc2c1. The van der Waals surface area contributed by atoms with Gasteiger partial charge in [0.2, 0.25) is 11.8 Å². The zero-order valence-corrected chi connectivity index (χ0v) is 22.7. The van der Waals surface area contributed by atoms with Crippen LogP contribution in [-0.2, 0) is 14.4 Å². The predicted octanol–water partition coefficient (Wildman–Crippen LogP) is 5.45. The van der Waals surface area contributed by atoms with Crippen LogP contribution in [0.5, 0.6) is 5.75 Å². The standard InChI is InChI=1S/C29H34N4O6/c1-5-18-16-25(34)31-32-26(18)20-10-13-23-24(15-20)37-27(30-23)19-8-11-22(12-9-19)36-17-21-7-6-14-33(21)39-28(35)38-29(2,3)4/h8-13,15,18,21H,5-7,14,16-17H2,1-4H3,(H,31,34)/t18?,21-/m0/s1. The minimum Gasteiger partial charge on any atom is -0.492 e. The van der Waals surface area contributed by atoms with Crippen LogP contribution in [0.25, 0.3) is 22.6 Å². The number of rotatable bonds is 7. The molecule has 10 heteroatoms. The van der Waals surface area contributed by atoms with E-state index < -0.39 is 11.8 Å². The number of nitrogens with zero attached hydrogens (tertiary/aromatic N) is 3. The Morgan fingerprint density at radius 3 is 2.67 bits per heavy atom. The molecular weight excluding hydrogens is 500 g/mol. The first-order valence-corrected chi connectivity index (χ1v) is 13.4. The summed E-state index contributed by atoms with van der Waals surface area (Å²) in [6, 6.07) is 13.3. The van der Waals surface area contributed by atoms with Gasteiger partial charge in [0, 0.05) is 30.0 Å². The molecule has 1 N–H and O–H groups in total. The van der Waals surface area contributed by atoms with E-state index in [1.165, 1.54) is 0 Å². The minimum atomic E-state index is -0.701. The van der Waals surface area contributed by atoms with E-state index in [1.54, 1.807) is 25.8 Å². The van der Waals surface area contributed by atoms with Gasteiger partial charge in [-0.15, -0.1) is 5.06 Å². The van der Waals surface area contributed by atoms with Crippen LogP contribution in [0.1, 0.15) is 58.9 Å². The molecule has 0 spiro atoms. The van der Waals surface area contributed by atoms with Crippen molar-refractivity contribution in [2.45, 2.75) is 65.0 Å². The van der Waals surface area contributed by atoms with Gasteiger partial charge >= 0.3 is 6.16 Å². The summed E-state index contributed by atoms with van der Waals surface area (Å²) < 4.78 is 17.3. The van der Waals surface area contributed by atoms with E-state index in [0.29, 0.717) is 36.8 Å². The maximum Gasteiger partial charge on any atom is 0.528 e. The molecule has 2 atom stereocenters. The quantitative estimate of drug-likeness (QED) is 0.398. The predicted molar refractivity (Wildman–Crippen MR) is 145 cm³/mol. The number of hydrogen-bond donors (Lipinski definition) is 1. The maximum absolute atomic E-state index is 12.0. The highest BCUT2D eigenvalue weighted by molar-refractivity contribution is 6.07. The van der Waals surface area contributed by atoms with Crippen LogP contribution in [0, 0.1) is 5.92 Å². The summed E-state index contributed by atoms with van der Waals surface area (Å²) in [7, 11) is 0. The second-order valence-electron chi connectivity index (χ2n) is 10.9. The lowest BCUT2D eigenvalue weighted by atomic mass is 9.90. The zero-order valence-electron chi connectivity index (χ0n) is 22.7. The normalized spacial score (nSPS) is 20.0. The Morgan fingerprint density at radius 2 is 1.92 bits per heavy atom. The van der Waals surface area contributed by atoms with E-state index in [9.17, 15) is 9.59 Å². The topological polar surface area (TPSA) is 115 Å². The lowest BCUT2D eigenvalue weighted by Gasteiger charge is -2.25. The molecule has 0 saturated carbocycles. The van der Waals surface area contributed by atoms with Gasteiger partial charge in [0.1, 0.15) is 23.5 Å². The summed E-state index contributed by atoms with van der Waals surface area (Å²) in [5, 5.41) is 5.94. The van der Waals surface area contributed by atoms with E-state index in [1.807, 2.05) is 42.5 Å². The third-order valence-electron chi connectivity index (χ3n) is 6.74. The van der Waals surface area contributed by atoms with E-state index in [-0.39, 0.29) is 17.9 Å². The molecule has 1 saturated heterocycles. The molecule has 1 amide bonds. The van der Waals surface area contributed by atoms with Crippen molar-refractivity contribution in [1.29, 1.82) is 0 Å². The largest absolute Gasteiger partial charge is 0.528 e. The van der Waals surface area contributed by atoms with E-state index in [0.717, 1.165) is 41.6 Å². The van der Waals surface area contributed by atoms with Crippen LogP contribution >= 0.6 is 0 Å². The fourth-order valence-corrected chi connectivity index (χ4v) is 4.77. The molecule has 3 heterocycles. The second-order valence-corrected chi connectivity index (χ2v) is 10.9. The molecule has 5 rings (SSSR count). The molecule has 2 aliphatic heterocycles. The summed E-state index contributed by atoms with van der Waals surface area (Å²) in [5.41, 5.74) is 5.97. The summed E-state index contributed by atoms with van der Waals surface area (Å²) in [5.74, 6) is 1.22. The van der Waals surface area contributed by atoms with Crippen LogP contribution in [0.2, 0.25) is 0 Å². The molecule has 3 aromatic rings. The maximum atomic E-state index is 12.0. The first kappa shape index (κ1) is 26.7. The van der Waals surface area contributed by atoms with Gasteiger partial charge in [0.15, 0.2) is 5.58 Å². The highest BCUT2D eigenvalue weighted by Crippen LogP contribution is 2.29. The molecule has 0 aliphatic carbocycles. The number of benzene rings is 2. The number of hydrazone groups is 1. The average Bonchev–Trinajstić information content (AvgIpc) is 3.52. The van der Waals surface area contributed by atoms with Crippen molar-refractivity contribution in [2.24, 2.45) is 11.0 Å². The molecule has 1 aromatic heterocycles. The van der Waals surface area contributed by atoms with Crippen molar-refractivity contribution >= 4 is 28.9 Å². The number of fused-ring (bicyclic) bond motifs is 1. The number of nitrogens with one attached hydrogen (secondary N) is 1. The second kappa shape index (κ2) is 11.1. The average molecular weight is 535 g/mol. The van der Waals surface area contributed by atoms with Gasteiger partial charge in [-0.3, -0.25) is 4.79 Å². The number of amides is 1. The molecule has 1 fully saturated rings.